The molecule has 2 atom stereocenters. The highest BCUT2D eigenvalue weighted by molar-refractivity contribution is 5.05. The van der Waals surface area contributed by atoms with Crippen molar-refractivity contribution in [1.29, 1.82) is 0 Å². The van der Waals surface area contributed by atoms with Gasteiger partial charge in [0.25, 0.3) is 0 Å². The second-order valence-corrected chi connectivity index (χ2v) is 3.31. The van der Waals surface area contributed by atoms with Gasteiger partial charge in [-0.25, -0.2) is 0 Å². The minimum Gasteiger partial charge on any atom is -0.498 e. The summed E-state index contributed by atoms with van der Waals surface area (Å²) >= 11 is 0. The topological polar surface area (TPSA) is 38.7 Å². The molecule has 3 heteroatoms. The Morgan fingerprint density at radius 1 is 1.42 bits per heavy atom. The summed E-state index contributed by atoms with van der Waals surface area (Å²) in [6.45, 7) is 1.84. The number of hydrogen-bond donors (Lipinski definition) is 1. The number of aliphatic hydroxyl groups is 1. The molecular formula is C9H14O3. The van der Waals surface area contributed by atoms with Gasteiger partial charge < -0.3 is 14.6 Å². The first-order chi connectivity index (χ1) is 5.88. The Labute approximate surface area is 72.0 Å². The van der Waals surface area contributed by atoms with Gasteiger partial charge in [-0.1, -0.05) is 0 Å². The normalized spacial score (nSPS) is 35.9. The molecule has 12 heavy (non-hydrogen) atoms. The number of aliphatic hydroxyl groups excluding tert-OH is 1. The molecule has 2 heterocycles. The average Bonchev–Trinajstić information content (AvgIpc) is 2.53. The van der Waals surface area contributed by atoms with E-state index in [1.54, 1.807) is 0 Å². The highest BCUT2D eigenvalue weighted by Gasteiger charge is 2.31. The molecule has 1 fully saturated rings. The predicted octanol–water partition coefficient (Wildman–Crippen LogP) is 0.688. The van der Waals surface area contributed by atoms with E-state index in [2.05, 4.69) is 6.08 Å². The molecule has 2 aliphatic rings. The standard InChI is InChI=1S/C9H14O3/c10-8-6-11-5-7(8)9-3-1-2-4-12-9/h3,7-8,10H,1-2,4-6H2/t7-,8-/m1/s1. The minimum absolute atomic E-state index is 0.0882. The lowest BCUT2D eigenvalue weighted by Crippen LogP contribution is -2.22. The Morgan fingerprint density at radius 3 is 2.92 bits per heavy atom. The molecule has 0 aliphatic carbocycles. The van der Waals surface area contributed by atoms with E-state index in [9.17, 15) is 5.11 Å². The predicted molar refractivity (Wildman–Crippen MR) is 43.6 cm³/mol. The van der Waals surface area contributed by atoms with E-state index >= 15 is 0 Å². The van der Waals surface area contributed by atoms with Crippen LogP contribution in [0.25, 0.3) is 0 Å². The van der Waals surface area contributed by atoms with E-state index in [1.807, 2.05) is 0 Å². The summed E-state index contributed by atoms with van der Waals surface area (Å²) in [6, 6.07) is 0. The molecule has 0 unspecified atom stereocenters. The average molecular weight is 170 g/mol. The van der Waals surface area contributed by atoms with Crippen molar-refractivity contribution in [3.63, 3.8) is 0 Å². The van der Waals surface area contributed by atoms with Crippen molar-refractivity contribution in [2.45, 2.75) is 18.9 Å². The van der Waals surface area contributed by atoms with Crippen LogP contribution in [-0.2, 0) is 9.47 Å². The molecule has 0 aromatic heterocycles. The van der Waals surface area contributed by atoms with Crippen LogP contribution in [0.4, 0.5) is 0 Å². The quantitative estimate of drug-likeness (QED) is 0.629. The van der Waals surface area contributed by atoms with E-state index in [0.29, 0.717) is 13.2 Å². The van der Waals surface area contributed by atoms with Gasteiger partial charge in [0.05, 0.1) is 31.8 Å². The van der Waals surface area contributed by atoms with Crippen molar-refractivity contribution < 1.29 is 14.6 Å². The van der Waals surface area contributed by atoms with Gasteiger partial charge in [-0.2, -0.15) is 0 Å². The first kappa shape index (κ1) is 8.08. The van der Waals surface area contributed by atoms with Crippen molar-refractivity contribution >= 4 is 0 Å². The summed E-state index contributed by atoms with van der Waals surface area (Å²) in [5.74, 6) is 1.02. The van der Waals surface area contributed by atoms with Crippen LogP contribution >= 0.6 is 0 Å². The molecular weight excluding hydrogens is 156 g/mol. The fourth-order valence-corrected chi connectivity index (χ4v) is 1.65. The summed E-state index contributed by atoms with van der Waals surface area (Å²) in [4.78, 5) is 0. The van der Waals surface area contributed by atoms with E-state index in [1.165, 1.54) is 0 Å². The van der Waals surface area contributed by atoms with Gasteiger partial charge in [-0.05, 0) is 18.9 Å². The molecule has 0 aromatic carbocycles. The molecule has 2 aliphatic heterocycles. The van der Waals surface area contributed by atoms with Crippen LogP contribution in [0, 0.1) is 5.92 Å². The van der Waals surface area contributed by atoms with Crippen LogP contribution in [0.3, 0.4) is 0 Å². The summed E-state index contributed by atoms with van der Waals surface area (Å²) in [5, 5.41) is 9.50. The Hall–Kier alpha value is -0.540. The largest absolute Gasteiger partial charge is 0.498 e. The van der Waals surface area contributed by atoms with E-state index in [4.69, 9.17) is 9.47 Å². The number of rotatable bonds is 1. The van der Waals surface area contributed by atoms with Crippen LogP contribution < -0.4 is 0 Å². The lowest BCUT2D eigenvalue weighted by molar-refractivity contribution is 0.0961. The Morgan fingerprint density at radius 2 is 2.33 bits per heavy atom. The zero-order valence-electron chi connectivity index (χ0n) is 7.03. The second kappa shape index (κ2) is 3.46. The molecule has 0 radical (unpaired) electrons. The molecule has 3 nitrogen and oxygen atoms in total. The highest BCUT2D eigenvalue weighted by Crippen LogP contribution is 2.25. The zero-order chi connectivity index (χ0) is 8.39. The fraction of sp³-hybridized carbons (Fsp3) is 0.778. The van der Waals surface area contributed by atoms with Crippen molar-refractivity contribution in [3.8, 4) is 0 Å². The van der Waals surface area contributed by atoms with Gasteiger partial charge in [0, 0.05) is 0 Å². The minimum atomic E-state index is -0.366. The number of hydrogen-bond acceptors (Lipinski definition) is 3. The van der Waals surface area contributed by atoms with Crippen molar-refractivity contribution in [1.82, 2.24) is 0 Å². The van der Waals surface area contributed by atoms with Crippen molar-refractivity contribution in [2.24, 2.45) is 5.92 Å². The SMILES string of the molecule is O[C@@H]1COC[C@H]1C1=CCCCO1. The monoisotopic (exact) mass is 170 g/mol. The van der Waals surface area contributed by atoms with Gasteiger partial charge in [0.2, 0.25) is 0 Å². The molecule has 0 spiro atoms. The molecule has 1 saturated heterocycles. The van der Waals surface area contributed by atoms with Gasteiger partial charge >= 0.3 is 0 Å². The lowest BCUT2D eigenvalue weighted by Gasteiger charge is -2.21. The molecule has 2 rings (SSSR count). The van der Waals surface area contributed by atoms with Gasteiger partial charge in [0.1, 0.15) is 5.76 Å². The summed E-state index contributed by atoms with van der Waals surface area (Å²) in [5.41, 5.74) is 0. The van der Waals surface area contributed by atoms with Gasteiger partial charge in [0.15, 0.2) is 0 Å². The van der Waals surface area contributed by atoms with Gasteiger partial charge in [-0.3, -0.25) is 0 Å². The smallest absolute Gasteiger partial charge is 0.100 e. The first-order valence-electron chi connectivity index (χ1n) is 4.46. The zero-order valence-corrected chi connectivity index (χ0v) is 7.03. The first-order valence-corrected chi connectivity index (χ1v) is 4.46. The van der Waals surface area contributed by atoms with E-state index in [-0.39, 0.29) is 12.0 Å². The maximum atomic E-state index is 9.50. The maximum Gasteiger partial charge on any atom is 0.100 e. The van der Waals surface area contributed by atoms with Crippen molar-refractivity contribution in [2.75, 3.05) is 19.8 Å². The summed E-state index contributed by atoms with van der Waals surface area (Å²) in [6.07, 6.45) is 3.87. The fourth-order valence-electron chi connectivity index (χ4n) is 1.65. The Kier molecular flexibility index (Phi) is 2.33. The third-order valence-electron chi connectivity index (χ3n) is 2.38. The molecule has 68 valence electrons. The molecule has 0 amide bonds. The van der Waals surface area contributed by atoms with E-state index < -0.39 is 0 Å². The molecule has 0 saturated carbocycles. The number of allylic oxidation sites excluding steroid dienone is 1. The molecule has 0 aromatic rings. The van der Waals surface area contributed by atoms with Crippen LogP contribution in [0.15, 0.2) is 11.8 Å². The van der Waals surface area contributed by atoms with E-state index in [0.717, 1.165) is 25.2 Å². The number of ether oxygens (including phenoxy) is 2. The third kappa shape index (κ3) is 1.47. The Balaban J connectivity index is 2.02. The summed E-state index contributed by atoms with van der Waals surface area (Å²) in [7, 11) is 0. The summed E-state index contributed by atoms with van der Waals surface area (Å²) < 4.78 is 10.6. The highest BCUT2D eigenvalue weighted by atomic mass is 16.5. The van der Waals surface area contributed by atoms with Crippen LogP contribution in [0.1, 0.15) is 12.8 Å². The lowest BCUT2D eigenvalue weighted by atomic mass is 10.0. The third-order valence-corrected chi connectivity index (χ3v) is 2.38. The second-order valence-electron chi connectivity index (χ2n) is 3.31. The van der Waals surface area contributed by atoms with Crippen LogP contribution in [-0.4, -0.2) is 31.0 Å². The van der Waals surface area contributed by atoms with Crippen LogP contribution in [0.2, 0.25) is 0 Å². The van der Waals surface area contributed by atoms with Gasteiger partial charge in [-0.15, -0.1) is 0 Å². The van der Waals surface area contributed by atoms with Crippen LogP contribution in [0.5, 0.6) is 0 Å². The van der Waals surface area contributed by atoms with Crippen molar-refractivity contribution in [3.05, 3.63) is 11.8 Å². The molecule has 0 bridgehead atoms. The molecule has 1 N–H and O–H groups in total. The Bertz CT molecular complexity index is 188. The maximum absolute atomic E-state index is 9.50.